The summed E-state index contributed by atoms with van der Waals surface area (Å²) < 4.78 is 24.1. The number of nitrogens with one attached hydrogen (secondary N) is 1. The van der Waals surface area contributed by atoms with E-state index in [-0.39, 0.29) is 11.9 Å². The third kappa shape index (κ3) is 3.88. The van der Waals surface area contributed by atoms with Gasteiger partial charge < -0.3 is 14.8 Å². The largest absolute Gasteiger partial charge is 0.493 e. The predicted octanol–water partition coefficient (Wildman–Crippen LogP) is 3.89. The maximum atomic E-state index is 13.6. The molecule has 112 valence electrons. The van der Waals surface area contributed by atoms with Crippen molar-refractivity contribution in [2.24, 2.45) is 0 Å². The van der Waals surface area contributed by atoms with Gasteiger partial charge in [0.25, 0.3) is 0 Å². The van der Waals surface area contributed by atoms with Gasteiger partial charge in [-0.05, 0) is 37.1 Å². The van der Waals surface area contributed by atoms with Crippen LogP contribution in [0.25, 0.3) is 0 Å². The summed E-state index contributed by atoms with van der Waals surface area (Å²) >= 11 is 0. The number of methoxy groups -OCH3 is 2. The van der Waals surface area contributed by atoms with Crippen LogP contribution in [0.4, 0.5) is 10.1 Å². The van der Waals surface area contributed by atoms with Crippen molar-refractivity contribution in [2.75, 3.05) is 19.5 Å². The van der Waals surface area contributed by atoms with E-state index in [2.05, 4.69) is 5.32 Å². The first-order chi connectivity index (χ1) is 10.1. The normalized spacial score (nSPS) is 11.8. The topological polar surface area (TPSA) is 30.5 Å². The molecule has 0 saturated heterocycles. The van der Waals surface area contributed by atoms with Crippen LogP contribution in [0, 0.1) is 5.82 Å². The van der Waals surface area contributed by atoms with Crippen molar-refractivity contribution in [2.45, 2.75) is 19.4 Å². The molecule has 0 bridgehead atoms. The Morgan fingerprint density at radius 2 is 1.76 bits per heavy atom. The summed E-state index contributed by atoms with van der Waals surface area (Å²) in [5.41, 5.74) is 1.62. The lowest BCUT2D eigenvalue weighted by molar-refractivity contribution is 0.355. The molecule has 0 aliphatic heterocycles. The van der Waals surface area contributed by atoms with Crippen LogP contribution in [0.3, 0.4) is 0 Å². The van der Waals surface area contributed by atoms with Gasteiger partial charge in [0.15, 0.2) is 11.5 Å². The minimum Gasteiger partial charge on any atom is -0.493 e. The van der Waals surface area contributed by atoms with E-state index in [1.165, 1.54) is 6.07 Å². The van der Waals surface area contributed by atoms with Crippen molar-refractivity contribution < 1.29 is 13.9 Å². The summed E-state index contributed by atoms with van der Waals surface area (Å²) in [5.74, 6) is 1.18. The van der Waals surface area contributed by atoms with E-state index in [1.807, 2.05) is 37.3 Å². The number of hydrogen-bond acceptors (Lipinski definition) is 3. The lowest BCUT2D eigenvalue weighted by Gasteiger charge is -2.17. The highest BCUT2D eigenvalue weighted by atomic mass is 19.1. The summed E-state index contributed by atoms with van der Waals surface area (Å²) in [6, 6.07) is 12.6. The minimum absolute atomic E-state index is 0.0972. The molecule has 21 heavy (non-hydrogen) atoms. The SMILES string of the molecule is COc1ccc(NC(C)Cc2ccccc2F)cc1OC. The molecule has 0 fully saturated rings. The summed E-state index contributed by atoms with van der Waals surface area (Å²) in [6.07, 6.45) is 0.612. The zero-order valence-electron chi connectivity index (χ0n) is 12.5. The first-order valence-electron chi connectivity index (χ1n) is 6.86. The van der Waals surface area contributed by atoms with Crippen molar-refractivity contribution in [1.29, 1.82) is 0 Å². The average molecular weight is 289 g/mol. The summed E-state index contributed by atoms with van der Waals surface area (Å²) in [6.45, 7) is 2.02. The highest BCUT2D eigenvalue weighted by molar-refractivity contribution is 5.55. The highest BCUT2D eigenvalue weighted by Gasteiger charge is 2.09. The molecular formula is C17H20FNO2. The molecule has 0 aromatic heterocycles. The zero-order valence-corrected chi connectivity index (χ0v) is 12.5. The Labute approximate surface area is 124 Å². The Morgan fingerprint density at radius 1 is 1.05 bits per heavy atom. The lowest BCUT2D eigenvalue weighted by atomic mass is 10.1. The van der Waals surface area contributed by atoms with E-state index in [0.29, 0.717) is 23.5 Å². The summed E-state index contributed by atoms with van der Waals surface area (Å²) in [7, 11) is 3.20. The van der Waals surface area contributed by atoms with Crippen LogP contribution in [0.1, 0.15) is 12.5 Å². The molecule has 2 rings (SSSR count). The predicted molar refractivity (Wildman–Crippen MR) is 82.7 cm³/mol. The van der Waals surface area contributed by atoms with Gasteiger partial charge in [-0.3, -0.25) is 0 Å². The molecule has 2 aromatic carbocycles. The molecule has 0 radical (unpaired) electrons. The fourth-order valence-electron chi connectivity index (χ4n) is 2.26. The Kier molecular flexibility index (Phi) is 5.04. The van der Waals surface area contributed by atoms with Crippen molar-refractivity contribution in [1.82, 2.24) is 0 Å². The van der Waals surface area contributed by atoms with Gasteiger partial charge in [-0.2, -0.15) is 0 Å². The quantitative estimate of drug-likeness (QED) is 0.875. The van der Waals surface area contributed by atoms with Crippen molar-refractivity contribution in [3.05, 3.63) is 53.8 Å². The molecule has 0 amide bonds. The number of rotatable bonds is 6. The van der Waals surface area contributed by atoms with Crippen molar-refractivity contribution in [3.63, 3.8) is 0 Å². The third-order valence-electron chi connectivity index (χ3n) is 3.28. The maximum Gasteiger partial charge on any atom is 0.162 e. The fourth-order valence-corrected chi connectivity index (χ4v) is 2.26. The van der Waals surface area contributed by atoms with Crippen LogP contribution in [0.5, 0.6) is 11.5 Å². The number of anilines is 1. The standard InChI is InChI=1S/C17H20FNO2/c1-12(10-13-6-4-5-7-15(13)18)19-14-8-9-16(20-2)17(11-14)21-3/h4-9,11-12,19H,10H2,1-3H3. The van der Waals surface area contributed by atoms with Gasteiger partial charge in [0.2, 0.25) is 0 Å². The van der Waals surface area contributed by atoms with Gasteiger partial charge in [-0.15, -0.1) is 0 Å². The molecule has 1 atom stereocenters. The third-order valence-corrected chi connectivity index (χ3v) is 3.28. The number of hydrogen-bond donors (Lipinski definition) is 1. The van der Waals surface area contributed by atoms with Gasteiger partial charge >= 0.3 is 0 Å². The molecule has 0 heterocycles. The van der Waals surface area contributed by atoms with Crippen molar-refractivity contribution in [3.8, 4) is 11.5 Å². The molecule has 0 aliphatic rings. The van der Waals surface area contributed by atoms with Crippen LogP contribution < -0.4 is 14.8 Å². The number of ether oxygens (including phenoxy) is 2. The van der Waals surface area contributed by atoms with Gasteiger partial charge in [0.1, 0.15) is 5.82 Å². The maximum absolute atomic E-state index is 13.6. The lowest BCUT2D eigenvalue weighted by Crippen LogP contribution is -2.18. The van der Waals surface area contributed by atoms with Crippen LogP contribution in [-0.2, 0) is 6.42 Å². The van der Waals surface area contributed by atoms with Gasteiger partial charge in [-0.25, -0.2) is 4.39 Å². The second-order valence-electron chi connectivity index (χ2n) is 4.91. The van der Waals surface area contributed by atoms with Crippen LogP contribution in [0.15, 0.2) is 42.5 Å². The van der Waals surface area contributed by atoms with E-state index in [1.54, 1.807) is 20.3 Å². The Balaban J connectivity index is 2.06. The van der Waals surface area contributed by atoms with Crippen LogP contribution >= 0.6 is 0 Å². The molecule has 0 aliphatic carbocycles. The van der Waals surface area contributed by atoms with Gasteiger partial charge in [0.05, 0.1) is 14.2 Å². The number of halogens is 1. The Hall–Kier alpha value is -2.23. The second kappa shape index (κ2) is 6.97. The highest BCUT2D eigenvalue weighted by Crippen LogP contribution is 2.30. The first-order valence-corrected chi connectivity index (χ1v) is 6.86. The van der Waals surface area contributed by atoms with Crippen LogP contribution in [0.2, 0.25) is 0 Å². The fraction of sp³-hybridized carbons (Fsp3) is 0.294. The average Bonchev–Trinajstić information content (AvgIpc) is 2.49. The van der Waals surface area contributed by atoms with Crippen molar-refractivity contribution >= 4 is 5.69 Å². The Bertz CT molecular complexity index is 601. The molecule has 1 N–H and O–H groups in total. The second-order valence-corrected chi connectivity index (χ2v) is 4.91. The van der Waals surface area contributed by atoms with E-state index >= 15 is 0 Å². The zero-order chi connectivity index (χ0) is 15.2. The van der Waals surface area contributed by atoms with E-state index in [9.17, 15) is 4.39 Å². The minimum atomic E-state index is -0.168. The van der Waals surface area contributed by atoms with Gasteiger partial charge in [0, 0.05) is 17.8 Å². The summed E-state index contributed by atoms with van der Waals surface area (Å²) in [4.78, 5) is 0. The van der Waals surface area contributed by atoms with Gasteiger partial charge in [-0.1, -0.05) is 18.2 Å². The molecule has 1 unspecified atom stereocenters. The smallest absolute Gasteiger partial charge is 0.162 e. The molecule has 3 nitrogen and oxygen atoms in total. The first kappa shape index (κ1) is 15.2. The number of benzene rings is 2. The monoisotopic (exact) mass is 289 g/mol. The van der Waals surface area contributed by atoms with Crippen LogP contribution in [-0.4, -0.2) is 20.3 Å². The Morgan fingerprint density at radius 3 is 2.43 bits per heavy atom. The molecular weight excluding hydrogens is 269 g/mol. The molecule has 0 spiro atoms. The molecule has 4 heteroatoms. The van der Waals surface area contributed by atoms with E-state index in [0.717, 1.165) is 5.69 Å². The van der Waals surface area contributed by atoms with E-state index in [4.69, 9.17) is 9.47 Å². The molecule has 0 saturated carbocycles. The summed E-state index contributed by atoms with van der Waals surface area (Å²) in [5, 5.41) is 3.34. The molecule has 2 aromatic rings. The van der Waals surface area contributed by atoms with E-state index < -0.39 is 0 Å².